The van der Waals surface area contributed by atoms with Crippen molar-refractivity contribution in [3.8, 4) is 0 Å². The van der Waals surface area contributed by atoms with Crippen LogP contribution in [0.3, 0.4) is 0 Å². The fraction of sp³-hybridized carbons (Fsp3) is 0.467. The van der Waals surface area contributed by atoms with Gasteiger partial charge in [0.2, 0.25) is 11.8 Å². The molecule has 23 heavy (non-hydrogen) atoms. The zero-order valence-electron chi connectivity index (χ0n) is 12.7. The minimum absolute atomic E-state index is 0.237. The highest BCUT2D eigenvalue weighted by molar-refractivity contribution is 5.85. The van der Waals surface area contributed by atoms with Gasteiger partial charge in [0.1, 0.15) is 0 Å². The van der Waals surface area contributed by atoms with Crippen molar-refractivity contribution in [2.75, 3.05) is 13.1 Å². The van der Waals surface area contributed by atoms with E-state index in [1.165, 1.54) is 12.1 Å². The number of hydrogen-bond acceptors (Lipinski definition) is 3. The largest absolute Gasteiger partial charge is 0.416 e. The molecule has 0 radical (unpaired) electrons. The van der Waals surface area contributed by atoms with Gasteiger partial charge >= 0.3 is 6.18 Å². The highest BCUT2D eigenvalue weighted by Gasteiger charge is 2.31. The van der Waals surface area contributed by atoms with Gasteiger partial charge in [-0.1, -0.05) is 25.5 Å². The molecule has 1 atom stereocenters. The highest BCUT2D eigenvalue weighted by Crippen LogP contribution is 2.31. The predicted octanol–water partition coefficient (Wildman–Crippen LogP) is 1.74. The first kappa shape index (κ1) is 19.0. The van der Waals surface area contributed by atoms with Gasteiger partial charge in [0.25, 0.3) is 0 Å². The van der Waals surface area contributed by atoms with Crippen molar-refractivity contribution >= 4 is 11.8 Å². The monoisotopic (exact) mass is 331 g/mol. The average molecular weight is 331 g/mol. The van der Waals surface area contributed by atoms with Gasteiger partial charge in [0.05, 0.1) is 24.7 Å². The summed E-state index contributed by atoms with van der Waals surface area (Å²) in [6, 6.07) is 4.30. The van der Waals surface area contributed by atoms with E-state index in [1.54, 1.807) is 0 Å². The summed E-state index contributed by atoms with van der Waals surface area (Å²) in [5.41, 5.74) is 4.72. The Labute approximate surface area is 132 Å². The van der Waals surface area contributed by atoms with Crippen molar-refractivity contribution in [3.63, 3.8) is 0 Å². The molecular weight excluding hydrogens is 311 g/mol. The van der Waals surface area contributed by atoms with Gasteiger partial charge in [-0.2, -0.15) is 13.2 Å². The minimum Gasteiger partial charge on any atom is -0.348 e. The highest BCUT2D eigenvalue weighted by atomic mass is 19.4. The number of hydrogen-bond donors (Lipinski definition) is 3. The molecule has 1 unspecified atom stereocenters. The van der Waals surface area contributed by atoms with Gasteiger partial charge in [-0.25, -0.2) is 0 Å². The van der Waals surface area contributed by atoms with Crippen molar-refractivity contribution in [1.29, 1.82) is 0 Å². The van der Waals surface area contributed by atoms with Crippen molar-refractivity contribution in [2.24, 2.45) is 5.73 Å². The molecule has 1 aromatic carbocycles. The van der Waals surface area contributed by atoms with E-state index in [9.17, 15) is 22.8 Å². The Balaban J connectivity index is 2.82. The number of alkyl halides is 3. The van der Waals surface area contributed by atoms with Crippen LogP contribution in [0.15, 0.2) is 24.3 Å². The predicted molar refractivity (Wildman–Crippen MR) is 79.3 cm³/mol. The number of carbonyl (C=O) groups excluding carboxylic acids is 2. The Morgan fingerprint density at radius 1 is 1.26 bits per heavy atom. The molecule has 4 N–H and O–H groups in total. The molecule has 0 saturated heterocycles. The Hall–Kier alpha value is -2.09. The number of amides is 2. The lowest BCUT2D eigenvalue weighted by molar-refractivity contribution is -0.137. The van der Waals surface area contributed by atoms with E-state index in [0.717, 1.165) is 12.1 Å². The van der Waals surface area contributed by atoms with Gasteiger partial charge in [-0.15, -0.1) is 0 Å². The topological polar surface area (TPSA) is 84.2 Å². The van der Waals surface area contributed by atoms with E-state index in [-0.39, 0.29) is 13.1 Å². The maximum absolute atomic E-state index is 12.8. The molecule has 0 aliphatic heterocycles. The van der Waals surface area contributed by atoms with Crippen molar-refractivity contribution in [2.45, 2.75) is 32.0 Å². The van der Waals surface area contributed by atoms with Gasteiger partial charge < -0.3 is 16.4 Å². The molecule has 0 fully saturated rings. The Morgan fingerprint density at radius 3 is 2.52 bits per heavy atom. The minimum atomic E-state index is -4.44. The third-order valence-electron chi connectivity index (χ3n) is 3.16. The average Bonchev–Trinajstić information content (AvgIpc) is 2.51. The van der Waals surface area contributed by atoms with E-state index >= 15 is 0 Å². The Bertz CT molecular complexity index is 547. The summed E-state index contributed by atoms with van der Waals surface area (Å²) in [6.45, 7) is 1.36. The van der Waals surface area contributed by atoms with Gasteiger partial charge in [-0.3, -0.25) is 9.59 Å². The number of nitrogens with one attached hydrogen (secondary N) is 2. The van der Waals surface area contributed by atoms with Crippen LogP contribution in [0.5, 0.6) is 0 Å². The molecule has 0 bridgehead atoms. The number of rotatable bonds is 7. The van der Waals surface area contributed by atoms with Crippen molar-refractivity contribution in [3.05, 3.63) is 35.4 Å². The normalized spacial score (nSPS) is 12.6. The van der Waals surface area contributed by atoms with E-state index in [4.69, 9.17) is 5.73 Å². The lowest BCUT2D eigenvalue weighted by atomic mass is 10.00. The third kappa shape index (κ3) is 6.27. The molecular formula is C15H20F3N3O2. The summed E-state index contributed by atoms with van der Waals surface area (Å²) in [5.74, 6) is -0.964. The van der Waals surface area contributed by atoms with Crippen LogP contribution >= 0.6 is 0 Å². The number of nitrogens with two attached hydrogens (primary N) is 1. The van der Waals surface area contributed by atoms with Crippen LogP contribution in [-0.2, 0) is 15.8 Å². The van der Waals surface area contributed by atoms with E-state index in [1.807, 2.05) is 6.92 Å². The quantitative estimate of drug-likeness (QED) is 0.711. The molecule has 1 rings (SSSR count). The van der Waals surface area contributed by atoms with Crippen LogP contribution in [0.4, 0.5) is 13.2 Å². The van der Waals surface area contributed by atoms with Crippen molar-refractivity contribution in [1.82, 2.24) is 10.6 Å². The summed E-state index contributed by atoms with van der Waals surface area (Å²) < 4.78 is 38.3. The van der Waals surface area contributed by atoms with Gasteiger partial charge in [-0.05, 0) is 24.1 Å². The van der Waals surface area contributed by atoms with E-state index in [2.05, 4.69) is 10.6 Å². The molecule has 0 saturated carbocycles. The maximum Gasteiger partial charge on any atom is 0.416 e. The first-order valence-electron chi connectivity index (χ1n) is 7.21. The second-order valence-corrected chi connectivity index (χ2v) is 5.01. The lowest BCUT2D eigenvalue weighted by Gasteiger charge is -2.20. The van der Waals surface area contributed by atoms with Crippen LogP contribution in [0.25, 0.3) is 0 Å². The fourth-order valence-corrected chi connectivity index (χ4v) is 2.04. The lowest BCUT2D eigenvalue weighted by Crippen LogP contribution is -2.40. The van der Waals surface area contributed by atoms with Crippen LogP contribution in [0, 0.1) is 0 Å². The summed E-state index contributed by atoms with van der Waals surface area (Å²) in [5, 5.41) is 4.94. The summed E-state index contributed by atoms with van der Waals surface area (Å²) in [6.07, 6.45) is -3.28. The second-order valence-electron chi connectivity index (χ2n) is 5.01. The molecule has 0 aliphatic carbocycles. The first-order valence-corrected chi connectivity index (χ1v) is 7.21. The molecule has 5 nitrogen and oxygen atoms in total. The van der Waals surface area contributed by atoms with Crippen molar-refractivity contribution < 1.29 is 22.8 Å². The molecule has 1 aromatic rings. The number of carbonyl (C=O) groups is 2. The molecule has 0 heterocycles. The zero-order valence-corrected chi connectivity index (χ0v) is 12.7. The molecule has 128 valence electrons. The smallest absolute Gasteiger partial charge is 0.348 e. The first-order chi connectivity index (χ1) is 10.8. The van der Waals surface area contributed by atoms with Gasteiger partial charge in [0, 0.05) is 0 Å². The summed E-state index contributed by atoms with van der Waals surface area (Å²) in [7, 11) is 0. The Kier molecular flexibility index (Phi) is 7.02. The molecule has 0 aliphatic rings. The van der Waals surface area contributed by atoms with E-state index in [0.29, 0.717) is 18.4 Å². The van der Waals surface area contributed by atoms with Crippen LogP contribution in [0.1, 0.15) is 36.9 Å². The summed E-state index contributed by atoms with van der Waals surface area (Å²) >= 11 is 0. The zero-order chi connectivity index (χ0) is 17.5. The summed E-state index contributed by atoms with van der Waals surface area (Å²) in [4.78, 5) is 22.8. The third-order valence-corrected chi connectivity index (χ3v) is 3.16. The Morgan fingerprint density at radius 2 is 1.96 bits per heavy atom. The molecule has 0 spiro atoms. The second kappa shape index (κ2) is 8.52. The van der Waals surface area contributed by atoms with Crippen LogP contribution < -0.4 is 16.4 Å². The fourth-order valence-electron chi connectivity index (χ4n) is 2.04. The standard InChI is InChI=1S/C15H20F3N3O2/c1-2-4-12(21-14(23)9-20-13(22)8-19)10-5-3-6-11(7-10)15(16,17)18/h3,5-7,12H,2,4,8-9,19H2,1H3,(H,20,22)(H,21,23). The maximum atomic E-state index is 12.8. The number of halogens is 3. The van der Waals surface area contributed by atoms with Gasteiger partial charge in [0.15, 0.2) is 0 Å². The number of benzene rings is 1. The molecule has 8 heteroatoms. The SMILES string of the molecule is CCCC(NC(=O)CNC(=O)CN)c1cccc(C(F)(F)F)c1. The van der Waals surface area contributed by atoms with Crippen LogP contribution in [-0.4, -0.2) is 24.9 Å². The van der Waals surface area contributed by atoms with Crippen LogP contribution in [0.2, 0.25) is 0 Å². The van der Waals surface area contributed by atoms with E-state index < -0.39 is 29.6 Å². The molecule has 2 amide bonds. The molecule has 0 aromatic heterocycles.